The molecule has 0 aromatic heterocycles. The molecular formula is C23H38O2. The van der Waals surface area contributed by atoms with Crippen molar-refractivity contribution in [1.29, 1.82) is 0 Å². The van der Waals surface area contributed by atoms with Crippen LogP contribution in [0.25, 0.3) is 0 Å². The van der Waals surface area contributed by atoms with E-state index in [1.165, 1.54) is 63.0 Å². The van der Waals surface area contributed by atoms with Crippen LogP contribution in [-0.4, -0.2) is 12.6 Å². The Morgan fingerprint density at radius 3 is 2.68 bits per heavy atom. The number of rotatable bonds is 6. The molecule has 0 aromatic carbocycles. The monoisotopic (exact) mass is 346 g/mol. The van der Waals surface area contributed by atoms with Crippen molar-refractivity contribution < 1.29 is 9.53 Å². The summed E-state index contributed by atoms with van der Waals surface area (Å²) in [4.78, 5) is 10.8. The minimum atomic E-state index is -0.207. The van der Waals surface area contributed by atoms with Gasteiger partial charge in [0, 0.05) is 6.92 Å². The molecule has 0 bridgehead atoms. The Balaban J connectivity index is 1.95. The number of esters is 1. The van der Waals surface area contributed by atoms with Crippen LogP contribution in [0.1, 0.15) is 86.0 Å². The molecule has 2 aliphatic rings. The largest absolute Gasteiger partial charge is 0.462 e. The third-order valence-corrected chi connectivity index (χ3v) is 7.10. The Hall–Kier alpha value is -1.05. The Labute approximate surface area is 155 Å². The van der Waals surface area contributed by atoms with Crippen molar-refractivity contribution in [3.05, 3.63) is 23.8 Å². The maximum atomic E-state index is 10.8. The molecule has 25 heavy (non-hydrogen) atoms. The van der Waals surface area contributed by atoms with Crippen LogP contribution < -0.4 is 0 Å². The minimum Gasteiger partial charge on any atom is -0.462 e. The van der Waals surface area contributed by atoms with E-state index < -0.39 is 0 Å². The molecule has 0 spiro atoms. The lowest BCUT2D eigenvalue weighted by atomic mass is 9.47. The molecule has 2 heteroatoms. The number of fused-ring (bicyclic) bond motifs is 1. The van der Waals surface area contributed by atoms with Gasteiger partial charge in [-0.1, -0.05) is 44.9 Å². The maximum Gasteiger partial charge on any atom is 0.302 e. The molecular weight excluding hydrogens is 308 g/mol. The molecule has 2 aliphatic carbocycles. The highest BCUT2D eigenvalue weighted by Crippen LogP contribution is 2.61. The van der Waals surface area contributed by atoms with Crippen LogP contribution in [0.4, 0.5) is 0 Å². The normalized spacial score (nSPS) is 32.2. The van der Waals surface area contributed by atoms with E-state index in [9.17, 15) is 4.79 Å². The van der Waals surface area contributed by atoms with Crippen molar-refractivity contribution >= 4 is 5.97 Å². The van der Waals surface area contributed by atoms with E-state index in [1.54, 1.807) is 0 Å². The minimum absolute atomic E-state index is 0.207. The SMILES string of the molecule is C=C1CC[C@H]2C(C)(C)CCC[C@]2(C)[C@H]1CCC/C(C)=C/COC(C)=O. The molecule has 0 aliphatic heterocycles. The van der Waals surface area contributed by atoms with Gasteiger partial charge in [0.15, 0.2) is 0 Å². The Bertz CT molecular complexity index is 528. The highest BCUT2D eigenvalue weighted by atomic mass is 16.5. The highest BCUT2D eigenvalue weighted by Gasteiger charge is 2.52. The van der Waals surface area contributed by atoms with Crippen LogP contribution in [-0.2, 0) is 9.53 Å². The van der Waals surface area contributed by atoms with Crippen molar-refractivity contribution in [2.24, 2.45) is 22.7 Å². The fourth-order valence-corrected chi connectivity index (χ4v) is 5.80. The number of allylic oxidation sites excluding steroid dienone is 2. The van der Waals surface area contributed by atoms with Gasteiger partial charge in [-0.2, -0.15) is 0 Å². The van der Waals surface area contributed by atoms with Gasteiger partial charge in [-0.25, -0.2) is 0 Å². The van der Waals surface area contributed by atoms with E-state index in [0.29, 0.717) is 23.4 Å². The fraction of sp³-hybridized carbons (Fsp3) is 0.783. The van der Waals surface area contributed by atoms with Gasteiger partial charge < -0.3 is 4.74 Å². The first-order valence-corrected chi connectivity index (χ1v) is 10.1. The summed E-state index contributed by atoms with van der Waals surface area (Å²) in [7, 11) is 0. The third-order valence-electron chi connectivity index (χ3n) is 7.10. The molecule has 0 radical (unpaired) electrons. The molecule has 3 atom stereocenters. The molecule has 0 unspecified atom stereocenters. The highest BCUT2D eigenvalue weighted by molar-refractivity contribution is 5.66. The summed E-state index contributed by atoms with van der Waals surface area (Å²) in [5, 5.41) is 0. The van der Waals surface area contributed by atoms with Crippen LogP contribution in [0.15, 0.2) is 23.8 Å². The molecule has 0 N–H and O–H groups in total. The molecule has 0 aromatic rings. The lowest BCUT2D eigenvalue weighted by Gasteiger charge is -2.58. The zero-order valence-corrected chi connectivity index (χ0v) is 17.1. The van der Waals surface area contributed by atoms with Crippen LogP contribution in [0, 0.1) is 22.7 Å². The third kappa shape index (κ3) is 4.77. The van der Waals surface area contributed by atoms with Gasteiger partial charge in [0.1, 0.15) is 6.61 Å². The number of ether oxygens (including phenoxy) is 1. The van der Waals surface area contributed by atoms with Gasteiger partial charge >= 0.3 is 5.97 Å². The van der Waals surface area contributed by atoms with E-state index in [0.717, 1.165) is 12.3 Å². The zero-order valence-electron chi connectivity index (χ0n) is 17.1. The number of hydrogen-bond acceptors (Lipinski definition) is 2. The molecule has 0 saturated heterocycles. The van der Waals surface area contributed by atoms with Crippen molar-refractivity contribution in [3.63, 3.8) is 0 Å². The molecule has 2 nitrogen and oxygen atoms in total. The van der Waals surface area contributed by atoms with Crippen LogP contribution in [0.3, 0.4) is 0 Å². The summed E-state index contributed by atoms with van der Waals surface area (Å²) in [6.07, 6.45) is 12.3. The average molecular weight is 347 g/mol. The predicted molar refractivity (Wildman–Crippen MR) is 105 cm³/mol. The van der Waals surface area contributed by atoms with E-state index in [-0.39, 0.29) is 5.97 Å². The van der Waals surface area contributed by atoms with Gasteiger partial charge in [-0.3, -0.25) is 4.79 Å². The number of carbonyl (C=O) groups excluding carboxylic acids is 1. The van der Waals surface area contributed by atoms with Gasteiger partial charge in [-0.15, -0.1) is 0 Å². The van der Waals surface area contributed by atoms with Crippen LogP contribution in [0.5, 0.6) is 0 Å². The summed E-state index contributed by atoms with van der Waals surface area (Å²) in [5.74, 6) is 1.30. The topological polar surface area (TPSA) is 26.3 Å². The summed E-state index contributed by atoms with van der Waals surface area (Å²) in [6.45, 7) is 16.0. The second kappa shape index (κ2) is 8.10. The van der Waals surface area contributed by atoms with Crippen molar-refractivity contribution in [1.82, 2.24) is 0 Å². The first kappa shape index (κ1) is 20.3. The maximum absolute atomic E-state index is 10.8. The molecule has 2 fully saturated rings. The first-order valence-electron chi connectivity index (χ1n) is 10.1. The zero-order chi connectivity index (χ0) is 18.7. The van der Waals surface area contributed by atoms with Gasteiger partial charge in [-0.05, 0) is 80.6 Å². The predicted octanol–water partition coefficient (Wildman–Crippen LogP) is 6.46. The van der Waals surface area contributed by atoms with Crippen molar-refractivity contribution in [2.45, 2.75) is 86.0 Å². The molecule has 2 rings (SSSR count). The fourth-order valence-electron chi connectivity index (χ4n) is 5.80. The number of carbonyl (C=O) groups is 1. The second-order valence-electron chi connectivity index (χ2n) is 9.40. The summed E-state index contributed by atoms with van der Waals surface area (Å²) in [5.41, 5.74) is 3.74. The smallest absolute Gasteiger partial charge is 0.302 e. The summed E-state index contributed by atoms with van der Waals surface area (Å²) in [6, 6.07) is 0. The lowest BCUT2D eigenvalue weighted by molar-refractivity contribution is -0.139. The Morgan fingerprint density at radius 2 is 2.00 bits per heavy atom. The lowest BCUT2D eigenvalue weighted by Crippen LogP contribution is -2.49. The van der Waals surface area contributed by atoms with Gasteiger partial charge in [0.2, 0.25) is 0 Å². The molecule has 2 saturated carbocycles. The quantitative estimate of drug-likeness (QED) is 0.407. The van der Waals surface area contributed by atoms with Crippen molar-refractivity contribution in [2.75, 3.05) is 6.61 Å². The standard InChI is InChI=1S/C23H38O2/c1-17(13-16-25-19(3)24)9-7-10-20-18(2)11-12-21-22(4,5)14-8-15-23(20,21)6/h13,20-21H,2,7-12,14-16H2,1,3-6H3/b17-13+/t20-,21-,23+/m0/s1. The van der Waals surface area contributed by atoms with Crippen LogP contribution >= 0.6 is 0 Å². The molecule has 0 amide bonds. The average Bonchev–Trinajstić information content (AvgIpc) is 2.48. The van der Waals surface area contributed by atoms with Crippen LogP contribution in [0.2, 0.25) is 0 Å². The number of hydrogen-bond donors (Lipinski definition) is 0. The molecule has 0 heterocycles. The summed E-state index contributed by atoms with van der Waals surface area (Å²) < 4.78 is 5.01. The van der Waals surface area contributed by atoms with Crippen molar-refractivity contribution in [3.8, 4) is 0 Å². The van der Waals surface area contributed by atoms with Gasteiger partial charge in [0.25, 0.3) is 0 Å². The Morgan fingerprint density at radius 1 is 1.28 bits per heavy atom. The summed E-state index contributed by atoms with van der Waals surface area (Å²) >= 11 is 0. The van der Waals surface area contributed by atoms with E-state index in [4.69, 9.17) is 4.74 Å². The Kier molecular flexibility index (Phi) is 6.56. The van der Waals surface area contributed by atoms with E-state index in [1.807, 2.05) is 6.08 Å². The van der Waals surface area contributed by atoms with E-state index >= 15 is 0 Å². The second-order valence-corrected chi connectivity index (χ2v) is 9.40. The molecule has 142 valence electrons. The van der Waals surface area contributed by atoms with Gasteiger partial charge in [0.05, 0.1) is 0 Å². The first-order chi connectivity index (χ1) is 11.7. The van der Waals surface area contributed by atoms with E-state index in [2.05, 4.69) is 34.3 Å².